The van der Waals surface area contributed by atoms with E-state index in [0.29, 0.717) is 18.8 Å². The van der Waals surface area contributed by atoms with E-state index in [4.69, 9.17) is 0 Å². The van der Waals surface area contributed by atoms with Gasteiger partial charge in [-0.3, -0.25) is 9.59 Å². The van der Waals surface area contributed by atoms with Crippen LogP contribution in [0.2, 0.25) is 0 Å². The summed E-state index contributed by atoms with van der Waals surface area (Å²) in [6.07, 6.45) is 0. The fourth-order valence-corrected chi connectivity index (χ4v) is 2.34. The molecule has 0 spiro atoms. The van der Waals surface area contributed by atoms with Crippen LogP contribution in [0.3, 0.4) is 0 Å². The van der Waals surface area contributed by atoms with Crippen LogP contribution in [0.5, 0.6) is 0 Å². The van der Waals surface area contributed by atoms with Crippen molar-refractivity contribution in [3.8, 4) is 0 Å². The van der Waals surface area contributed by atoms with E-state index < -0.39 is 5.41 Å². The van der Waals surface area contributed by atoms with Crippen molar-refractivity contribution in [1.82, 2.24) is 4.90 Å². The molecule has 0 radical (unpaired) electrons. The fourth-order valence-electron chi connectivity index (χ4n) is 2.34. The number of carbonyl (C=O) groups is 2. The highest BCUT2D eigenvalue weighted by atomic mass is 16.2. The van der Waals surface area contributed by atoms with Crippen LogP contribution in [0, 0.1) is 5.41 Å². The lowest BCUT2D eigenvalue weighted by Gasteiger charge is -2.29. The third-order valence-corrected chi connectivity index (χ3v) is 4.16. The molecule has 0 aliphatic rings. The second kappa shape index (κ2) is 7.16. The Morgan fingerprint density at radius 2 is 1.43 bits per heavy atom. The highest BCUT2D eigenvalue weighted by Gasteiger charge is 2.38. The van der Waals surface area contributed by atoms with Crippen molar-refractivity contribution in [3.63, 3.8) is 0 Å². The SMILES string of the molecule is CCN(CC)C(=O)C(C)(C)C(=O)Nc1ccc(C(C)(C)C)cc1. The van der Waals surface area contributed by atoms with Gasteiger partial charge in [0.15, 0.2) is 0 Å². The number of benzene rings is 1. The summed E-state index contributed by atoms with van der Waals surface area (Å²) in [5.74, 6) is -0.427. The van der Waals surface area contributed by atoms with Gasteiger partial charge in [-0.15, -0.1) is 0 Å². The number of hydrogen-bond donors (Lipinski definition) is 1. The zero-order chi connectivity index (χ0) is 17.8. The van der Waals surface area contributed by atoms with Gasteiger partial charge >= 0.3 is 0 Å². The second-order valence-corrected chi connectivity index (χ2v) is 7.38. The molecule has 0 aromatic heterocycles. The number of nitrogens with one attached hydrogen (secondary N) is 1. The van der Waals surface area contributed by atoms with Crippen LogP contribution >= 0.6 is 0 Å². The van der Waals surface area contributed by atoms with Gasteiger partial charge in [-0.05, 0) is 50.8 Å². The third kappa shape index (κ3) is 4.57. The number of nitrogens with zero attached hydrogens (tertiary/aromatic N) is 1. The standard InChI is InChI=1S/C19H30N2O2/c1-8-21(9-2)17(23)19(6,7)16(22)20-15-12-10-14(11-13-15)18(3,4)5/h10-13H,8-9H2,1-7H3,(H,20,22). The van der Waals surface area contributed by atoms with E-state index >= 15 is 0 Å². The molecule has 0 heterocycles. The smallest absolute Gasteiger partial charge is 0.239 e. The molecule has 128 valence electrons. The summed E-state index contributed by atoms with van der Waals surface area (Å²) in [6, 6.07) is 7.79. The molecule has 0 fully saturated rings. The predicted molar refractivity (Wildman–Crippen MR) is 95.5 cm³/mol. The Balaban J connectivity index is 2.88. The molecular formula is C19H30N2O2. The summed E-state index contributed by atoms with van der Waals surface area (Å²) < 4.78 is 0. The molecule has 0 bridgehead atoms. The Morgan fingerprint density at radius 1 is 0.957 bits per heavy atom. The minimum Gasteiger partial charge on any atom is -0.342 e. The zero-order valence-corrected chi connectivity index (χ0v) is 15.5. The first kappa shape index (κ1) is 19.2. The van der Waals surface area contributed by atoms with Gasteiger partial charge < -0.3 is 10.2 Å². The summed E-state index contributed by atoms with van der Waals surface area (Å²) in [5.41, 5.74) is 0.896. The van der Waals surface area contributed by atoms with Crippen molar-refractivity contribution in [3.05, 3.63) is 29.8 Å². The van der Waals surface area contributed by atoms with Crippen molar-refractivity contribution in [2.45, 2.75) is 53.9 Å². The van der Waals surface area contributed by atoms with Crippen molar-refractivity contribution in [1.29, 1.82) is 0 Å². The van der Waals surface area contributed by atoms with Gasteiger partial charge in [0.2, 0.25) is 11.8 Å². The average molecular weight is 318 g/mol. The molecule has 1 N–H and O–H groups in total. The van der Waals surface area contributed by atoms with Crippen molar-refractivity contribution in [2.75, 3.05) is 18.4 Å². The van der Waals surface area contributed by atoms with E-state index in [2.05, 4.69) is 26.1 Å². The first-order chi connectivity index (χ1) is 10.5. The molecule has 1 aromatic rings. The Hall–Kier alpha value is -1.84. The monoisotopic (exact) mass is 318 g/mol. The molecule has 23 heavy (non-hydrogen) atoms. The molecule has 4 nitrogen and oxygen atoms in total. The lowest BCUT2D eigenvalue weighted by molar-refractivity contribution is -0.146. The summed E-state index contributed by atoms with van der Waals surface area (Å²) in [7, 11) is 0. The maximum atomic E-state index is 12.5. The Labute approximate surface area is 140 Å². The summed E-state index contributed by atoms with van der Waals surface area (Å²) in [6.45, 7) is 14.8. The lowest BCUT2D eigenvalue weighted by atomic mass is 9.87. The van der Waals surface area contributed by atoms with Crippen LogP contribution in [0.4, 0.5) is 5.69 Å². The molecule has 1 rings (SSSR count). The van der Waals surface area contributed by atoms with Crippen LogP contribution in [0.25, 0.3) is 0 Å². The maximum absolute atomic E-state index is 12.5. The highest BCUT2D eigenvalue weighted by molar-refractivity contribution is 6.09. The number of hydrogen-bond acceptors (Lipinski definition) is 2. The first-order valence-electron chi connectivity index (χ1n) is 8.25. The van der Waals surface area contributed by atoms with Crippen molar-refractivity contribution >= 4 is 17.5 Å². The predicted octanol–water partition coefficient (Wildman–Crippen LogP) is 3.82. The van der Waals surface area contributed by atoms with Crippen molar-refractivity contribution < 1.29 is 9.59 Å². The topological polar surface area (TPSA) is 49.4 Å². The molecule has 0 atom stereocenters. The van der Waals surface area contributed by atoms with Crippen LogP contribution in [-0.2, 0) is 15.0 Å². The number of amides is 2. The molecular weight excluding hydrogens is 288 g/mol. The van der Waals surface area contributed by atoms with Crippen LogP contribution in [0.1, 0.15) is 54.0 Å². The van der Waals surface area contributed by atoms with E-state index in [-0.39, 0.29) is 17.2 Å². The number of anilines is 1. The van der Waals surface area contributed by atoms with Crippen LogP contribution < -0.4 is 5.32 Å². The van der Waals surface area contributed by atoms with E-state index in [1.165, 1.54) is 5.56 Å². The lowest BCUT2D eigenvalue weighted by Crippen LogP contribution is -2.47. The molecule has 0 unspecified atom stereocenters. The van der Waals surface area contributed by atoms with Gasteiger partial charge in [-0.2, -0.15) is 0 Å². The van der Waals surface area contributed by atoms with E-state index in [9.17, 15) is 9.59 Å². The van der Waals surface area contributed by atoms with Gasteiger partial charge in [0.25, 0.3) is 0 Å². The molecule has 4 heteroatoms. The maximum Gasteiger partial charge on any atom is 0.239 e. The first-order valence-corrected chi connectivity index (χ1v) is 8.25. The highest BCUT2D eigenvalue weighted by Crippen LogP contribution is 2.25. The van der Waals surface area contributed by atoms with E-state index in [1.54, 1.807) is 18.7 Å². The molecule has 1 aromatic carbocycles. The molecule has 0 aliphatic heterocycles. The van der Waals surface area contributed by atoms with E-state index in [0.717, 1.165) is 0 Å². The number of carbonyl (C=O) groups excluding carboxylic acids is 2. The normalized spacial score (nSPS) is 12.0. The van der Waals surface area contributed by atoms with Gasteiger partial charge in [-0.1, -0.05) is 32.9 Å². The third-order valence-electron chi connectivity index (χ3n) is 4.16. The minimum absolute atomic E-state index is 0.0700. The zero-order valence-electron chi connectivity index (χ0n) is 15.5. The summed E-state index contributed by atoms with van der Waals surface area (Å²) in [4.78, 5) is 26.7. The largest absolute Gasteiger partial charge is 0.342 e. The fraction of sp³-hybridized carbons (Fsp3) is 0.579. The Kier molecular flexibility index (Phi) is 5.98. The van der Waals surface area contributed by atoms with Crippen LogP contribution in [0.15, 0.2) is 24.3 Å². The Bertz CT molecular complexity index is 550. The minimum atomic E-state index is -1.09. The average Bonchev–Trinajstić information content (AvgIpc) is 2.47. The Morgan fingerprint density at radius 3 is 1.83 bits per heavy atom. The summed E-state index contributed by atoms with van der Waals surface area (Å²) in [5, 5.41) is 2.86. The molecule has 2 amide bonds. The van der Waals surface area contributed by atoms with Gasteiger partial charge in [0, 0.05) is 18.8 Å². The van der Waals surface area contributed by atoms with E-state index in [1.807, 2.05) is 38.1 Å². The second-order valence-electron chi connectivity index (χ2n) is 7.38. The van der Waals surface area contributed by atoms with Gasteiger partial charge in [-0.25, -0.2) is 0 Å². The molecule has 0 aliphatic carbocycles. The molecule has 0 saturated heterocycles. The van der Waals surface area contributed by atoms with Gasteiger partial charge in [0.1, 0.15) is 5.41 Å². The van der Waals surface area contributed by atoms with Crippen molar-refractivity contribution in [2.24, 2.45) is 5.41 Å². The number of rotatable bonds is 5. The molecule has 0 saturated carbocycles. The van der Waals surface area contributed by atoms with Crippen LogP contribution in [-0.4, -0.2) is 29.8 Å². The quantitative estimate of drug-likeness (QED) is 0.839. The summed E-state index contributed by atoms with van der Waals surface area (Å²) >= 11 is 0. The van der Waals surface area contributed by atoms with Gasteiger partial charge in [0.05, 0.1) is 0 Å².